The first-order valence-electron chi connectivity index (χ1n) is 5.25. The van der Waals surface area contributed by atoms with Crippen LogP contribution in [0.1, 0.15) is 24.4 Å². The molecule has 1 atom stereocenters. The van der Waals surface area contributed by atoms with Gasteiger partial charge in [0.1, 0.15) is 17.5 Å². The SMILES string of the molecule is Cc1cc(F)c(-c2cnc(C(C)N)[nH]2)cc1F. The van der Waals surface area contributed by atoms with Crippen LogP contribution in [0, 0.1) is 18.6 Å². The predicted octanol–water partition coefficient (Wildman–Crippen LogP) is 2.68. The Balaban J connectivity index is 2.49. The molecule has 0 aliphatic rings. The van der Waals surface area contributed by atoms with Crippen molar-refractivity contribution in [2.75, 3.05) is 0 Å². The fraction of sp³-hybridized carbons (Fsp3) is 0.250. The molecule has 1 aromatic heterocycles. The molecule has 0 radical (unpaired) electrons. The lowest BCUT2D eigenvalue weighted by atomic mass is 10.1. The minimum Gasteiger partial charge on any atom is -0.341 e. The fourth-order valence-electron chi connectivity index (χ4n) is 1.56. The van der Waals surface area contributed by atoms with Crippen LogP contribution in [0.15, 0.2) is 18.3 Å². The van der Waals surface area contributed by atoms with Gasteiger partial charge in [0.15, 0.2) is 0 Å². The van der Waals surface area contributed by atoms with Crippen molar-refractivity contribution < 1.29 is 8.78 Å². The monoisotopic (exact) mass is 237 g/mol. The number of aryl methyl sites for hydroxylation is 1. The Morgan fingerprint density at radius 3 is 2.59 bits per heavy atom. The van der Waals surface area contributed by atoms with E-state index in [2.05, 4.69) is 9.97 Å². The van der Waals surface area contributed by atoms with Crippen LogP contribution in [0.2, 0.25) is 0 Å². The van der Waals surface area contributed by atoms with Crippen molar-refractivity contribution in [2.45, 2.75) is 19.9 Å². The summed E-state index contributed by atoms with van der Waals surface area (Å²) >= 11 is 0. The summed E-state index contributed by atoms with van der Waals surface area (Å²) in [5.74, 6) is -0.387. The van der Waals surface area contributed by atoms with Crippen LogP contribution < -0.4 is 5.73 Å². The molecule has 2 rings (SSSR count). The molecule has 17 heavy (non-hydrogen) atoms. The molecular weight excluding hydrogens is 224 g/mol. The van der Waals surface area contributed by atoms with Gasteiger partial charge in [-0.3, -0.25) is 0 Å². The molecule has 0 bridgehead atoms. The third-order valence-corrected chi connectivity index (χ3v) is 2.57. The van der Waals surface area contributed by atoms with Crippen molar-refractivity contribution in [1.82, 2.24) is 9.97 Å². The molecule has 0 aliphatic heterocycles. The van der Waals surface area contributed by atoms with Crippen LogP contribution in [0.25, 0.3) is 11.3 Å². The lowest BCUT2D eigenvalue weighted by Crippen LogP contribution is -2.06. The van der Waals surface area contributed by atoms with Gasteiger partial charge in [0.25, 0.3) is 0 Å². The van der Waals surface area contributed by atoms with Gasteiger partial charge in [-0.15, -0.1) is 0 Å². The lowest BCUT2D eigenvalue weighted by molar-refractivity contribution is 0.595. The molecule has 0 spiro atoms. The zero-order valence-electron chi connectivity index (χ0n) is 9.59. The summed E-state index contributed by atoms with van der Waals surface area (Å²) in [7, 11) is 0. The Labute approximate surface area is 97.7 Å². The Morgan fingerprint density at radius 1 is 1.29 bits per heavy atom. The number of aromatic amines is 1. The molecule has 0 saturated heterocycles. The molecule has 3 nitrogen and oxygen atoms in total. The van der Waals surface area contributed by atoms with E-state index in [1.165, 1.54) is 13.1 Å². The van der Waals surface area contributed by atoms with Gasteiger partial charge < -0.3 is 10.7 Å². The topological polar surface area (TPSA) is 54.7 Å². The number of aromatic nitrogens is 2. The summed E-state index contributed by atoms with van der Waals surface area (Å²) in [4.78, 5) is 6.89. The van der Waals surface area contributed by atoms with Crippen molar-refractivity contribution in [3.05, 3.63) is 41.4 Å². The average molecular weight is 237 g/mol. The highest BCUT2D eigenvalue weighted by Crippen LogP contribution is 2.24. The summed E-state index contributed by atoms with van der Waals surface area (Å²) < 4.78 is 27.1. The minimum atomic E-state index is -0.483. The largest absolute Gasteiger partial charge is 0.341 e. The van der Waals surface area contributed by atoms with Crippen molar-refractivity contribution >= 4 is 0 Å². The van der Waals surface area contributed by atoms with Crippen LogP contribution in [0.5, 0.6) is 0 Å². The Kier molecular flexibility index (Phi) is 2.93. The summed E-state index contributed by atoms with van der Waals surface area (Å²) in [6.45, 7) is 3.28. The van der Waals surface area contributed by atoms with Crippen LogP contribution in [-0.4, -0.2) is 9.97 Å². The van der Waals surface area contributed by atoms with E-state index in [1.54, 1.807) is 6.92 Å². The normalized spacial score (nSPS) is 12.8. The average Bonchev–Trinajstić information content (AvgIpc) is 2.72. The van der Waals surface area contributed by atoms with Crippen LogP contribution in [0.3, 0.4) is 0 Å². The van der Waals surface area contributed by atoms with Crippen molar-refractivity contribution in [3.8, 4) is 11.3 Å². The summed E-state index contributed by atoms with van der Waals surface area (Å²) in [5.41, 5.74) is 6.50. The first kappa shape index (κ1) is 11.7. The highest BCUT2D eigenvalue weighted by molar-refractivity contribution is 5.60. The molecular formula is C12H13F2N3. The van der Waals surface area contributed by atoms with Gasteiger partial charge in [0, 0.05) is 5.56 Å². The molecule has 0 saturated carbocycles. The summed E-state index contributed by atoms with van der Waals surface area (Å²) in [6.07, 6.45) is 1.45. The van der Waals surface area contributed by atoms with Gasteiger partial charge in [-0.05, 0) is 31.5 Å². The van der Waals surface area contributed by atoms with Gasteiger partial charge in [0.2, 0.25) is 0 Å². The highest BCUT2D eigenvalue weighted by Gasteiger charge is 2.12. The Bertz CT molecular complexity index is 547. The molecule has 1 unspecified atom stereocenters. The maximum atomic E-state index is 13.7. The number of hydrogen-bond acceptors (Lipinski definition) is 2. The van der Waals surface area contributed by atoms with E-state index in [4.69, 9.17) is 5.73 Å². The number of hydrogen-bond donors (Lipinski definition) is 2. The minimum absolute atomic E-state index is 0.160. The van der Waals surface area contributed by atoms with Gasteiger partial charge in [-0.1, -0.05) is 0 Å². The molecule has 2 aromatic rings. The summed E-state index contributed by atoms with van der Waals surface area (Å²) in [5, 5.41) is 0. The number of imidazole rings is 1. The first-order chi connectivity index (χ1) is 7.99. The fourth-order valence-corrected chi connectivity index (χ4v) is 1.56. The second-order valence-corrected chi connectivity index (χ2v) is 4.05. The zero-order valence-corrected chi connectivity index (χ0v) is 9.59. The van der Waals surface area contributed by atoms with Crippen LogP contribution in [-0.2, 0) is 0 Å². The highest BCUT2D eigenvalue weighted by atomic mass is 19.1. The number of benzene rings is 1. The third-order valence-electron chi connectivity index (χ3n) is 2.57. The molecule has 1 aromatic carbocycles. The van der Waals surface area contributed by atoms with Crippen molar-refractivity contribution in [1.29, 1.82) is 0 Å². The van der Waals surface area contributed by atoms with Gasteiger partial charge in [0.05, 0.1) is 17.9 Å². The van der Waals surface area contributed by atoms with Crippen molar-refractivity contribution in [3.63, 3.8) is 0 Å². The van der Waals surface area contributed by atoms with Crippen LogP contribution >= 0.6 is 0 Å². The molecule has 3 N–H and O–H groups in total. The zero-order chi connectivity index (χ0) is 12.6. The van der Waals surface area contributed by atoms with E-state index < -0.39 is 11.6 Å². The smallest absolute Gasteiger partial charge is 0.133 e. The number of nitrogens with one attached hydrogen (secondary N) is 1. The van der Waals surface area contributed by atoms with E-state index >= 15 is 0 Å². The van der Waals surface area contributed by atoms with E-state index in [-0.39, 0.29) is 17.2 Å². The molecule has 90 valence electrons. The number of halogens is 2. The molecule has 1 heterocycles. The molecule has 0 aliphatic carbocycles. The molecule has 5 heteroatoms. The summed E-state index contributed by atoms with van der Waals surface area (Å²) in [6, 6.07) is 2.04. The maximum Gasteiger partial charge on any atom is 0.133 e. The quantitative estimate of drug-likeness (QED) is 0.843. The second kappa shape index (κ2) is 4.25. The lowest BCUT2D eigenvalue weighted by Gasteiger charge is -2.03. The van der Waals surface area contributed by atoms with Crippen molar-refractivity contribution in [2.24, 2.45) is 5.73 Å². The second-order valence-electron chi connectivity index (χ2n) is 4.05. The molecule has 0 amide bonds. The van der Waals surface area contributed by atoms with E-state index in [0.717, 1.165) is 12.1 Å². The first-order valence-corrected chi connectivity index (χ1v) is 5.25. The predicted molar refractivity (Wildman–Crippen MR) is 61.3 cm³/mol. The number of rotatable bonds is 2. The van der Waals surface area contributed by atoms with Gasteiger partial charge in [-0.2, -0.15) is 0 Å². The van der Waals surface area contributed by atoms with E-state index in [0.29, 0.717) is 11.5 Å². The van der Waals surface area contributed by atoms with E-state index in [9.17, 15) is 8.78 Å². The number of nitrogens with zero attached hydrogens (tertiary/aromatic N) is 1. The molecule has 0 fully saturated rings. The number of H-pyrrole nitrogens is 1. The van der Waals surface area contributed by atoms with E-state index in [1.807, 2.05) is 0 Å². The van der Waals surface area contributed by atoms with Crippen LogP contribution in [0.4, 0.5) is 8.78 Å². The maximum absolute atomic E-state index is 13.7. The van der Waals surface area contributed by atoms with Gasteiger partial charge >= 0.3 is 0 Å². The third kappa shape index (κ3) is 2.19. The Morgan fingerprint density at radius 2 is 2.00 bits per heavy atom. The Hall–Kier alpha value is -1.75. The standard InChI is InChI=1S/C12H13F2N3/c1-6-3-10(14)8(4-9(6)13)11-5-16-12(17-11)7(2)15/h3-5,7H,15H2,1-2H3,(H,16,17). The van der Waals surface area contributed by atoms with Gasteiger partial charge in [-0.25, -0.2) is 13.8 Å². The number of nitrogens with two attached hydrogens (primary N) is 1.